The van der Waals surface area contributed by atoms with Gasteiger partial charge in [0.25, 0.3) is 0 Å². The van der Waals surface area contributed by atoms with Crippen LogP contribution in [0.1, 0.15) is 72.0 Å². The predicted molar refractivity (Wildman–Crippen MR) is 156 cm³/mol. The molecule has 5 atom stereocenters. The van der Waals surface area contributed by atoms with Crippen LogP contribution in [0.15, 0.2) is 77.2 Å². The van der Waals surface area contributed by atoms with E-state index in [-0.39, 0.29) is 18.2 Å². The summed E-state index contributed by atoms with van der Waals surface area (Å²) < 4.78 is 13.2. The first-order valence-corrected chi connectivity index (χ1v) is 14.5. The molecule has 1 amide bonds. The minimum Gasteiger partial charge on any atom is -0.469 e. The number of para-hydroxylation sites is 1. The summed E-state index contributed by atoms with van der Waals surface area (Å²) in [6.07, 6.45) is -1.54. The summed E-state index contributed by atoms with van der Waals surface area (Å²) in [6.45, 7) is 5.94. The molecule has 3 aliphatic rings. The van der Waals surface area contributed by atoms with E-state index >= 15 is 0 Å². The van der Waals surface area contributed by atoms with Crippen LogP contribution in [0.2, 0.25) is 0 Å². The van der Waals surface area contributed by atoms with E-state index in [4.69, 9.17) is 14.1 Å². The molecule has 3 N–H and O–H groups in total. The molecule has 0 saturated heterocycles. The molecule has 4 heterocycles. The first-order chi connectivity index (χ1) is 20.3. The first kappa shape index (κ1) is 26.5. The third-order valence-electron chi connectivity index (χ3n) is 8.87. The number of oxazole rings is 1. The molecule has 0 saturated carbocycles. The van der Waals surface area contributed by atoms with E-state index in [1.54, 1.807) is 24.3 Å². The topological polar surface area (TPSA) is 114 Å². The monoisotopic (exact) mass is 563 g/mol. The summed E-state index contributed by atoms with van der Waals surface area (Å²) in [5.74, 6) is 0.406. The molecule has 0 radical (unpaired) electrons. The van der Waals surface area contributed by atoms with Gasteiger partial charge in [-0.1, -0.05) is 74.5 Å². The molecule has 3 aromatic carbocycles. The summed E-state index contributed by atoms with van der Waals surface area (Å²) >= 11 is 0. The Kier molecular flexibility index (Phi) is 6.20. The van der Waals surface area contributed by atoms with Crippen LogP contribution in [-0.2, 0) is 21.4 Å². The van der Waals surface area contributed by atoms with Crippen molar-refractivity contribution in [3.63, 3.8) is 0 Å². The van der Waals surface area contributed by atoms with Gasteiger partial charge in [0.05, 0.1) is 5.69 Å². The van der Waals surface area contributed by atoms with Crippen molar-refractivity contribution in [2.24, 2.45) is 11.8 Å². The van der Waals surface area contributed by atoms with E-state index in [0.29, 0.717) is 23.6 Å². The van der Waals surface area contributed by atoms with Crippen LogP contribution in [0.3, 0.4) is 0 Å². The van der Waals surface area contributed by atoms with E-state index in [0.717, 1.165) is 33.8 Å². The van der Waals surface area contributed by atoms with Crippen molar-refractivity contribution in [1.82, 2.24) is 10.3 Å². The Labute approximate surface area is 244 Å². The van der Waals surface area contributed by atoms with Gasteiger partial charge in [-0.3, -0.25) is 9.59 Å². The average molecular weight is 564 g/mol. The minimum absolute atomic E-state index is 0.0375. The van der Waals surface area contributed by atoms with Gasteiger partial charge in [-0.25, -0.2) is 4.98 Å². The largest absolute Gasteiger partial charge is 0.469 e. The molecular formula is C34H33N3O5. The van der Waals surface area contributed by atoms with Crippen molar-refractivity contribution in [2.45, 2.75) is 57.4 Å². The normalized spacial score (nSPS) is 24.4. The van der Waals surface area contributed by atoms with Crippen LogP contribution in [0.25, 0.3) is 0 Å². The molecule has 3 aliphatic heterocycles. The van der Waals surface area contributed by atoms with Crippen molar-refractivity contribution in [3.8, 4) is 5.75 Å². The van der Waals surface area contributed by atoms with Gasteiger partial charge in [-0.05, 0) is 48.1 Å². The molecule has 42 heavy (non-hydrogen) atoms. The van der Waals surface area contributed by atoms with Gasteiger partial charge in [0.15, 0.2) is 12.0 Å². The number of Topliss-reactive ketones (excluding diaryl/α,β-unsaturated/α-hetero) is 1. The molecule has 7 rings (SSSR count). The second-order valence-corrected chi connectivity index (χ2v) is 11.9. The maximum Gasteiger partial charge on any atom is 0.224 e. The maximum absolute atomic E-state index is 13.9. The van der Waals surface area contributed by atoms with Crippen LogP contribution >= 0.6 is 0 Å². The van der Waals surface area contributed by atoms with Crippen LogP contribution in [0.4, 0.5) is 5.69 Å². The molecule has 8 heteroatoms. The van der Waals surface area contributed by atoms with Crippen molar-refractivity contribution in [3.05, 3.63) is 112 Å². The molecule has 1 aromatic heterocycles. The summed E-state index contributed by atoms with van der Waals surface area (Å²) in [6, 6.07) is 22.4. The number of amides is 1. The van der Waals surface area contributed by atoms with Crippen LogP contribution in [0.5, 0.6) is 5.75 Å². The van der Waals surface area contributed by atoms with E-state index in [2.05, 4.69) is 22.8 Å². The number of anilines is 1. The van der Waals surface area contributed by atoms with Gasteiger partial charge >= 0.3 is 0 Å². The number of carbonyl (C=O) groups is 2. The molecule has 8 nitrogen and oxygen atoms in total. The smallest absolute Gasteiger partial charge is 0.224 e. The number of ketones is 1. The average Bonchev–Trinajstić information content (AvgIpc) is 3.62. The summed E-state index contributed by atoms with van der Waals surface area (Å²) in [7, 11) is 0. The Balaban J connectivity index is 1.37. The van der Waals surface area contributed by atoms with Crippen LogP contribution in [-0.4, -0.2) is 28.0 Å². The zero-order valence-corrected chi connectivity index (χ0v) is 23.8. The lowest BCUT2D eigenvalue weighted by Crippen LogP contribution is -2.40. The molecule has 0 aliphatic carbocycles. The van der Waals surface area contributed by atoms with Crippen LogP contribution < -0.4 is 15.4 Å². The zero-order chi connectivity index (χ0) is 29.2. The standard InChI is InChI=1S/C34H33N3O5/c1-18(2)28-32-35-19(3)30(42-32)34-23-11-7-8-12-25(23)36-33(34)41-27-14-13-20(16-24(27)34)15-22(31(40)37-28)17-26(38)29(39)21-9-5-4-6-10-21/h4-14,16,18,22,28-29,33,36,39H,15,17H2,1-3H3,(H,37,40)/t22?,28-,29-,33-,34?/m0/s1. The highest BCUT2D eigenvalue weighted by Gasteiger charge is 2.60. The number of carbonyl (C=O) groups excluding carboxylic acids is 2. The lowest BCUT2D eigenvalue weighted by atomic mass is 9.72. The Morgan fingerprint density at radius 1 is 1.05 bits per heavy atom. The lowest BCUT2D eigenvalue weighted by molar-refractivity contribution is -0.134. The van der Waals surface area contributed by atoms with Crippen LogP contribution in [0, 0.1) is 18.8 Å². The quantitative estimate of drug-likeness (QED) is 0.308. The van der Waals surface area contributed by atoms with Gasteiger partial charge in [0.1, 0.15) is 29.1 Å². The zero-order valence-electron chi connectivity index (χ0n) is 23.8. The summed E-state index contributed by atoms with van der Waals surface area (Å²) in [5.41, 5.74) is 4.29. The third-order valence-corrected chi connectivity index (χ3v) is 8.87. The number of fused-ring (bicyclic) bond motifs is 4. The highest BCUT2D eigenvalue weighted by atomic mass is 16.5. The minimum atomic E-state index is -1.31. The molecule has 214 valence electrons. The summed E-state index contributed by atoms with van der Waals surface area (Å²) in [4.78, 5) is 32.1. The molecule has 4 bridgehead atoms. The van der Waals surface area contributed by atoms with E-state index in [9.17, 15) is 14.7 Å². The lowest BCUT2D eigenvalue weighted by Gasteiger charge is -2.28. The highest BCUT2D eigenvalue weighted by molar-refractivity contribution is 5.90. The Bertz CT molecular complexity index is 1700. The number of nitrogens with zero attached hydrogens (tertiary/aromatic N) is 1. The van der Waals surface area contributed by atoms with Gasteiger partial charge in [-0.15, -0.1) is 0 Å². The fourth-order valence-corrected chi connectivity index (χ4v) is 6.77. The number of rotatable bonds is 5. The fourth-order valence-electron chi connectivity index (χ4n) is 6.77. The van der Waals surface area contributed by atoms with Gasteiger partial charge in [0.2, 0.25) is 11.8 Å². The number of hydrogen-bond donors (Lipinski definition) is 3. The Morgan fingerprint density at radius 2 is 1.81 bits per heavy atom. The first-order valence-electron chi connectivity index (χ1n) is 14.5. The van der Waals surface area contributed by atoms with Crippen molar-refractivity contribution >= 4 is 17.4 Å². The number of aromatic nitrogens is 1. The number of ether oxygens (including phenoxy) is 1. The molecule has 0 fully saturated rings. The number of aliphatic hydroxyl groups is 1. The van der Waals surface area contributed by atoms with Crippen molar-refractivity contribution in [1.29, 1.82) is 0 Å². The molecule has 1 spiro atoms. The second-order valence-electron chi connectivity index (χ2n) is 11.9. The number of aliphatic hydroxyl groups excluding tert-OH is 1. The van der Waals surface area contributed by atoms with Gasteiger partial charge in [-0.2, -0.15) is 0 Å². The highest BCUT2D eigenvalue weighted by Crippen LogP contribution is 2.58. The van der Waals surface area contributed by atoms with Gasteiger partial charge < -0.3 is 24.9 Å². The molecular weight excluding hydrogens is 530 g/mol. The second kappa shape index (κ2) is 9.84. The number of nitrogens with one attached hydrogen (secondary N) is 2. The Hall–Kier alpha value is -4.43. The van der Waals surface area contributed by atoms with Crippen molar-refractivity contribution in [2.75, 3.05) is 5.32 Å². The fraction of sp³-hybridized carbons (Fsp3) is 0.324. The SMILES string of the molecule is Cc1nc2oc1C13c4ccccc4N[C@H]1Oc1ccc(cc13)CC(CC(=O)[C@@H](O)c1ccccc1)C(=O)N[C@H]2C(C)C. The van der Waals surface area contributed by atoms with E-state index in [1.807, 2.05) is 57.2 Å². The summed E-state index contributed by atoms with van der Waals surface area (Å²) in [5, 5.41) is 17.5. The molecule has 2 unspecified atom stereocenters. The predicted octanol–water partition coefficient (Wildman–Crippen LogP) is 5.14. The maximum atomic E-state index is 13.9. The Morgan fingerprint density at radius 3 is 2.60 bits per heavy atom. The number of hydrogen-bond acceptors (Lipinski definition) is 7. The number of benzene rings is 3. The van der Waals surface area contributed by atoms with E-state index < -0.39 is 35.5 Å². The van der Waals surface area contributed by atoms with Crippen molar-refractivity contribution < 1.29 is 23.8 Å². The third kappa shape index (κ3) is 3.96. The number of aryl methyl sites for hydroxylation is 1. The molecule has 4 aromatic rings. The van der Waals surface area contributed by atoms with E-state index in [1.165, 1.54) is 0 Å². The van der Waals surface area contributed by atoms with Gasteiger partial charge in [0, 0.05) is 23.6 Å².